The van der Waals surface area contributed by atoms with Gasteiger partial charge in [0.25, 0.3) is 0 Å². The van der Waals surface area contributed by atoms with Crippen LogP contribution in [0, 0.1) is 17.2 Å². The van der Waals surface area contributed by atoms with Gasteiger partial charge in [0, 0.05) is 7.11 Å². The molecule has 0 N–H and O–H groups in total. The molecular formula is C13H15NO. The number of fused-ring (bicyclic) bond motifs is 1. The number of rotatable bonds is 2. The number of aryl methyl sites for hydroxylation is 1. The molecule has 1 atom stereocenters. The fourth-order valence-electron chi connectivity index (χ4n) is 2.18. The molecule has 2 heteroatoms. The van der Waals surface area contributed by atoms with Crippen LogP contribution in [0.4, 0.5) is 0 Å². The zero-order valence-electron chi connectivity index (χ0n) is 8.99. The summed E-state index contributed by atoms with van der Waals surface area (Å²) in [6.07, 6.45) is 2.95. The summed E-state index contributed by atoms with van der Waals surface area (Å²) >= 11 is 0. The lowest BCUT2D eigenvalue weighted by Crippen LogP contribution is -2.12. The Labute approximate surface area is 90.5 Å². The van der Waals surface area contributed by atoms with E-state index < -0.39 is 0 Å². The van der Waals surface area contributed by atoms with E-state index in [-0.39, 0.29) is 5.92 Å². The van der Waals surface area contributed by atoms with Crippen molar-refractivity contribution in [3.05, 3.63) is 34.9 Å². The molecule has 1 aromatic rings. The van der Waals surface area contributed by atoms with Crippen LogP contribution < -0.4 is 0 Å². The van der Waals surface area contributed by atoms with E-state index in [1.165, 1.54) is 16.7 Å². The molecule has 2 rings (SSSR count). The van der Waals surface area contributed by atoms with Gasteiger partial charge in [-0.25, -0.2) is 0 Å². The first-order valence-electron chi connectivity index (χ1n) is 5.32. The van der Waals surface area contributed by atoms with Crippen LogP contribution >= 0.6 is 0 Å². The Morgan fingerprint density at radius 2 is 2.33 bits per heavy atom. The van der Waals surface area contributed by atoms with Crippen molar-refractivity contribution in [3.63, 3.8) is 0 Å². The van der Waals surface area contributed by atoms with Crippen molar-refractivity contribution in [1.82, 2.24) is 0 Å². The molecule has 0 spiro atoms. The van der Waals surface area contributed by atoms with Crippen molar-refractivity contribution in [2.24, 2.45) is 5.92 Å². The third kappa shape index (κ3) is 2.19. The number of ether oxygens (including phenoxy) is 1. The quantitative estimate of drug-likeness (QED) is 0.736. The summed E-state index contributed by atoms with van der Waals surface area (Å²) in [4.78, 5) is 0. The number of methoxy groups -OCH3 is 1. The third-order valence-corrected chi connectivity index (χ3v) is 2.99. The van der Waals surface area contributed by atoms with Crippen molar-refractivity contribution in [3.8, 4) is 6.07 Å². The van der Waals surface area contributed by atoms with Crippen molar-refractivity contribution in [2.45, 2.75) is 25.9 Å². The van der Waals surface area contributed by atoms with E-state index in [2.05, 4.69) is 24.3 Å². The zero-order valence-corrected chi connectivity index (χ0v) is 8.99. The molecule has 15 heavy (non-hydrogen) atoms. The van der Waals surface area contributed by atoms with Crippen LogP contribution in [0.5, 0.6) is 0 Å². The normalized spacial score (nSPS) is 19.3. The van der Waals surface area contributed by atoms with Gasteiger partial charge in [0.2, 0.25) is 0 Å². The first-order valence-corrected chi connectivity index (χ1v) is 5.32. The summed E-state index contributed by atoms with van der Waals surface area (Å²) in [5, 5.41) is 8.89. The Hall–Kier alpha value is -1.33. The lowest BCUT2D eigenvalue weighted by molar-refractivity contribution is 0.185. The summed E-state index contributed by atoms with van der Waals surface area (Å²) in [5.41, 5.74) is 3.97. The average molecular weight is 201 g/mol. The van der Waals surface area contributed by atoms with Crippen LogP contribution in [-0.2, 0) is 24.2 Å². The van der Waals surface area contributed by atoms with Crippen LogP contribution in [0.2, 0.25) is 0 Å². The van der Waals surface area contributed by atoms with Crippen molar-refractivity contribution in [2.75, 3.05) is 7.11 Å². The Morgan fingerprint density at radius 3 is 3.07 bits per heavy atom. The van der Waals surface area contributed by atoms with Gasteiger partial charge in [0.15, 0.2) is 0 Å². The first-order chi connectivity index (χ1) is 7.33. The number of nitriles is 1. The van der Waals surface area contributed by atoms with Gasteiger partial charge in [-0.05, 0) is 36.0 Å². The summed E-state index contributed by atoms with van der Waals surface area (Å²) in [5.74, 6) is 0.214. The molecule has 0 saturated carbocycles. The SMILES string of the molecule is COCc1ccc2c(c1)CC[C@H](C#N)C2. The second-order valence-electron chi connectivity index (χ2n) is 4.10. The highest BCUT2D eigenvalue weighted by atomic mass is 16.5. The van der Waals surface area contributed by atoms with Crippen LogP contribution in [0.1, 0.15) is 23.1 Å². The number of hydrogen-bond donors (Lipinski definition) is 0. The smallest absolute Gasteiger partial charge is 0.0713 e. The van der Waals surface area contributed by atoms with E-state index in [4.69, 9.17) is 10.00 Å². The maximum atomic E-state index is 8.89. The van der Waals surface area contributed by atoms with Gasteiger partial charge in [-0.2, -0.15) is 5.26 Å². The molecule has 0 unspecified atom stereocenters. The molecular weight excluding hydrogens is 186 g/mol. The van der Waals surface area contributed by atoms with E-state index >= 15 is 0 Å². The van der Waals surface area contributed by atoms with Crippen LogP contribution in [0.3, 0.4) is 0 Å². The van der Waals surface area contributed by atoms with Crippen LogP contribution in [0.25, 0.3) is 0 Å². The van der Waals surface area contributed by atoms with Gasteiger partial charge in [-0.3, -0.25) is 0 Å². The Morgan fingerprint density at radius 1 is 1.47 bits per heavy atom. The highest BCUT2D eigenvalue weighted by Gasteiger charge is 2.17. The maximum absolute atomic E-state index is 8.89. The first kappa shape index (κ1) is 10.2. The summed E-state index contributed by atoms with van der Waals surface area (Å²) in [7, 11) is 1.71. The van der Waals surface area contributed by atoms with Crippen molar-refractivity contribution in [1.29, 1.82) is 5.26 Å². The van der Waals surface area contributed by atoms with E-state index in [0.29, 0.717) is 6.61 Å². The Kier molecular flexibility index (Phi) is 3.03. The molecule has 2 nitrogen and oxygen atoms in total. The van der Waals surface area contributed by atoms with Gasteiger partial charge in [-0.15, -0.1) is 0 Å². The second-order valence-corrected chi connectivity index (χ2v) is 4.10. The molecule has 1 aliphatic rings. The standard InChI is InChI=1S/C13H15NO/c1-15-9-11-3-5-12-6-10(8-14)2-4-13(12)7-11/h3,5,7,10H,2,4,6,9H2,1H3/t10-/m0/s1. The molecule has 0 bridgehead atoms. The molecule has 0 amide bonds. The van der Waals surface area contributed by atoms with Gasteiger partial charge in [0.05, 0.1) is 18.6 Å². The Balaban J connectivity index is 2.21. The monoisotopic (exact) mass is 201 g/mol. The van der Waals surface area contributed by atoms with Gasteiger partial charge in [0.1, 0.15) is 0 Å². The lowest BCUT2D eigenvalue weighted by Gasteiger charge is -2.20. The Bertz CT molecular complexity index is 392. The van der Waals surface area contributed by atoms with Crippen molar-refractivity contribution < 1.29 is 4.74 Å². The molecule has 78 valence electrons. The van der Waals surface area contributed by atoms with Gasteiger partial charge in [-0.1, -0.05) is 18.2 Å². The van der Waals surface area contributed by atoms with Crippen LogP contribution in [0.15, 0.2) is 18.2 Å². The van der Waals surface area contributed by atoms with Gasteiger partial charge >= 0.3 is 0 Å². The topological polar surface area (TPSA) is 33.0 Å². The minimum atomic E-state index is 0.214. The van der Waals surface area contributed by atoms with E-state index in [9.17, 15) is 0 Å². The van der Waals surface area contributed by atoms with E-state index in [1.807, 2.05) is 0 Å². The second kappa shape index (κ2) is 4.46. The summed E-state index contributed by atoms with van der Waals surface area (Å²) in [6, 6.07) is 8.82. The number of benzene rings is 1. The summed E-state index contributed by atoms with van der Waals surface area (Å²) < 4.78 is 5.11. The predicted octanol–water partition coefficient (Wildman–Crippen LogP) is 2.46. The molecule has 0 aromatic heterocycles. The predicted molar refractivity (Wildman–Crippen MR) is 58.3 cm³/mol. The van der Waals surface area contributed by atoms with E-state index in [1.54, 1.807) is 7.11 Å². The molecule has 0 radical (unpaired) electrons. The molecule has 0 heterocycles. The minimum Gasteiger partial charge on any atom is -0.380 e. The molecule has 1 aliphatic carbocycles. The summed E-state index contributed by atoms with van der Waals surface area (Å²) in [6.45, 7) is 0.676. The average Bonchev–Trinajstić information content (AvgIpc) is 2.29. The minimum absolute atomic E-state index is 0.214. The van der Waals surface area contributed by atoms with Gasteiger partial charge < -0.3 is 4.74 Å². The maximum Gasteiger partial charge on any atom is 0.0713 e. The lowest BCUT2D eigenvalue weighted by atomic mass is 9.84. The zero-order chi connectivity index (χ0) is 10.7. The highest BCUT2D eigenvalue weighted by molar-refractivity contribution is 5.34. The molecule has 0 fully saturated rings. The van der Waals surface area contributed by atoms with Crippen LogP contribution in [-0.4, -0.2) is 7.11 Å². The fourth-order valence-corrected chi connectivity index (χ4v) is 2.18. The van der Waals surface area contributed by atoms with Crippen molar-refractivity contribution >= 4 is 0 Å². The molecule has 1 aromatic carbocycles. The largest absolute Gasteiger partial charge is 0.380 e. The highest BCUT2D eigenvalue weighted by Crippen LogP contribution is 2.26. The molecule has 0 saturated heterocycles. The van der Waals surface area contributed by atoms with E-state index in [0.717, 1.165) is 19.3 Å². The molecule has 0 aliphatic heterocycles. The number of nitrogens with zero attached hydrogens (tertiary/aromatic N) is 1. The number of hydrogen-bond acceptors (Lipinski definition) is 2. The fraction of sp³-hybridized carbons (Fsp3) is 0.462. The third-order valence-electron chi connectivity index (χ3n) is 2.99.